The number of carboxylic acid groups (broad SMARTS) is 1. The van der Waals surface area contributed by atoms with Gasteiger partial charge in [0.2, 0.25) is 5.91 Å². The molecule has 0 fully saturated rings. The molecule has 7 heteroatoms. The molecule has 3 rings (SSSR count). The molecule has 1 amide bonds. The number of nitrogens with zero attached hydrogens (tertiary/aromatic N) is 1. The maximum atomic E-state index is 12.4. The maximum absolute atomic E-state index is 12.4. The van der Waals surface area contributed by atoms with Crippen LogP contribution in [0.5, 0.6) is 0 Å². The zero-order valence-electron chi connectivity index (χ0n) is 15.4. The van der Waals surface area contributed by atoms with Gasteiger partial charge in [-0.05, 0) is 36.6 Å². The van der Waals surface area contributed by atoms with Gasteiger partial charge in [0.25, 0.3) is 5.56 Å². The van der Waals surface area contributed by atoms with Crippen molar-refractivity contribution in [2.24, 2.45) is 0 Å². The molecule has 1 aromatic heterocycles. The number of aryl methyl sites for hydroxylation is 1. The quantitative estimate of drug-likeness (QED) is 0.633. The van der Waals surface area contributed by atoms with Crippen LogP contribution in [0.1, 0.15) is 27.3 Å². The van der Waals surface area contributed by atoms with E-state index in [1.165, 1.54) is 6.20 Å². The number of aromatic amines is 1. The van der Waals surface area contributed by atoms with Gasteiger partial charge in [-0.1, -0.05) is 36.4 Å². The summed E-state index contributed by atoms with van der Waals surface area (Å²) in [7, 11) is 0. The molecule has 0 unspecified atom stereocenters. The van der Waals surface area contributed by atoms with Crippen molar-refractivity contribution in [3.8, 4) is 11.1 Å². The van der Waals surface area contributed by atoms with Gasteiger partial charge >= 0.3 is 5.97 Å². The van der Waals surface area contributed by atoms with Gasteiger partial charge in [0.1, 0.15) is 5.82 Å². The predicted molar refractivity (Wildman–Crippen MR) is 106 cm³/mol. The molecule has 0 aliphatic carbocycles. The Labute approximate surface area is 161 Å². The van der Waals surface area contributed by atoms with Gasteiger partial charge in [0.15, 0.2) is 0 Å². The van der Waals surface area contributed by atoms with E-state index in [9.17, 15) is 19.5 Å². The van der Waals surface area contributed by atoms with Crippen molar-refractivity contribution in [2.75, 3.05) is 5.32 Å². The Kier molecular flexibility index (Phi) is 5.35. The highest BCUT2D eigenvalue weighted by molar-refractivity contribution is 6.03. The number of hydrogen-bond donors (Lipinski definition) is 3. The fourth-order valence-electron chi connectivity index (χ4n) is 3.03. The summed E-state index contributed by atoms with van der Waals surface area (Å²) >= 11 is 0. The zero-order chi connectivity index (χ0) is 20.3. The second-order valence-electron chi connectivity index (χ2n) is 6.38. The molecule has 0 aliphatic heterocycles. The van der Waals surface area contributed by atoms with E-state index in [0.717, 1.165) is 11.1 Å². The Bertz CT molecular complexity index is 1100. The van der Waals surface area contributed by atoms with Crippen molar-refractivity contribution in [1.29, 1.82) is 0 Å². The number of H-pyrrole nitrogens is 1. The van der Waals surface area contributed by atoms with Crippen molar-refractivity contribution < 1.29 is 14.7 Å². The van der Waals surface area contributed by atoms with Crippen LogP contribution >= 0.6 is 0 Å². The summed E-state index contributed by atoms with van der Waals surface area (Å²) in [6.45, 7) is 3.34. The first-order chi connectivity index (χ1) is 13.4. The molecule has 2 aromatic carbocycles. The van der Waals surface area contributed by atoms with E-state index >= 15 is 0 Å². The van der Waals surface area contributed by atoms with Crippen LogP contribution in [-0.4, -0.2) is 27.0 Å². The molecule has 142 valence electrons. The average molecular weight is 377 g/mol. The molecule has 0 saturated carbocycles. The van der Waals surface area contributed by atoms with Crippen LogP contribution in [0.25, 0.3) is 11.1 Å². The number of rotatable bonds is 5. The second-order valence-corrected chi connectivity index (χ2v) is 6.38. The van der Waals surface area contributed by atoms with E-state index in [4.69, 9.17) is 0 Å². The summed E-state index contributed by atoms with van der Waals surface area (Å²) in [6, 6.07) is 12.7. The summed E-state index contributed by atoms with van der Waals surface area (Å²) in [5.74, 6) is -1.18. The minimum absolute atomic E-state index is 0.0191. The number of benzene rings is 2. The Morgan fingerprint density at radius 2 is 1.82 bits per heavy atom. The number of carboxylic acids is 1. The molecule has 0 radical (unpaired) electrons. The van der Waals surface area contributed by atoms with E-state index in [2.05, 4.69) is 15.3 Å². The molecule has 3 N–H and O–H groups in total. The first-order valence-corrected chi connectivity index (χ1v) is 8.63. The van der Waals surface area contributed by atoms with Gasteiger partial charge in [-0.15, -0.1) is 0 Å². The normalized spacial score (nSPS) is 10.5. The van der Waals surface area contributed by atoms with E-state index in [-0.39, 0.29) is 23.2 Å². The number of nitrogens with one attached hydrogen (secondary N) is 2. The SMILES string of the molecule is Cc1ncc(CC(=O)Nc2ccc(-c3ccccc3)c(C)c2C(=O)O)c(=O)[nH]1. The van der Waals surface area contributed by atoms with Gasteiger partial charge in [-0.25, -0.2) is 9.78 Å². The maximum Gasteiger partial charge on any atom is 0.338 e. The number of hydrogen-bond acceptors (Lipinski definition) is 4. The highest BCUT2D eigenvalue weighted by Crippen LogP contribution is 2.30. The summed E-state index contributed by atoms with van der Waals surface area (Å²) in [6.07, 6.45) is 1.14. The number of carbonyl (C=O) groups excluding carboxylic acids is 1. The minimum atomic E-state index is -1.14. The van der Waals surface area contributed by atoms with E-state index in [1.807, 2.05) is 30.3 Å². The average Bonchev–Trinajstić information content (AvgIpc) is 2.64. The Morgan fingerprint density at radius 3 is 2.46 bits per heavy atom. The molecule has 7 nitrogen and oxygen atoms in total. The molecule has 0 bridgehead atoms. The summed E-state index contributed by atoms with van der Waals surface area (Å²) in [5.41, 5.74) is 2.23. The lowest BCUT2D eigenvalue weighted by Gasteiger charge is -2.14. The Morgan fingerprint density at radius 1 is 1.11 bits per heavy atom. The van der Waals surface area contributed by atoms with Crippen molar-refractivity contribution in [1.82, 2.24) is 9.97 Å². The van der Waals surface area contributed by atoms with Gasteiger partial charge in [-0.3, -0.25) is 9.59 Å². The van der Waals surface area contributed by atoms with Gasteiger partial charge < -0.3 is 15.4 Å². The van der Waals surface area contributed by atoms with Crippen LogP contribution in [0.4, 0.5) is 5.69 Å². The standard InChI is InChI=1S/C21H19N3O4/c1-12-16(14-6-4-3-5-7-14)8-9-17(19(12)21(27)28)24-18(25)10-15-11-22-13(2)23-20(15)26/h3-9,11H,10H2,1-2H3,(H,24,25)(H,27,28)(H,22,23,26). The summed E-state index contributed by atoms with van der Waals surface area (Å²) < 4.78 is 0. The minimum Gasteiger partial charge on any atom is -0.478 e. The van der Waals surface area contributed by atoms with Crippen molar-refractivity contribution in [3.05, 3.63) is 81.5 Å². The van der Waals surface area contributed by atoms with Gasteiger partial charge in [0.05, 0.1) is 17.7 Å². The lowest BCUT2D eigenvalue weighted by Crippen LogP contribution is -2.23. The largest absolute Gasteiger partial charge is 0.478 e. The molecule has 0 saturated heterocycles. The Balaban J connectivity index is 1.91. The van der Waals surface area contributed by atoms with E-state index < -0.39 is 17.4 Å². The fourth-order valence-corrected chi connectivity index (χ4v) is 3.03. The van der Waals surface area contributed by atoms with Gasteiger partial charge in [-0.2, -0.15) is 0 Å². The van der Waals surface area contributed by atoms with Crippen LogP contribution in [0.15, 0.2) is 53.5 Å². The monoisotopic (exact) mass is 377 g/mol. The lowest BCUT2D eigenvalue weighted by atomic mass is 9.95. The van der Waals surface area contributed by atoms with E-state index in [1.54, 1.807) is 26.0 Å². The molecular formula is C21H19N3O4. The highest BCUT2D eigenvalue weighted by atomic mass is 16.4. The topological polar surface area (TPSA) is 112 Å². The third kappa shape index (κ3) is 3.98. The number of carbonyl (C=O) groups is 2. The lowest BCUT2D eigenvalue weighted by molar-refractivity contribution is -0.115. The Hall–Kier alpha value is -3.74. The fraction of sp³-hybridized carbons (Fsp3) is 0.143. The predicted octanol–water partition coefficient (Wildman–Crippen LogP) is 2.93. The van der Waals surface area contributed by atoms with Crippen LogP contribution in [0, 0.1) is 13.8 Å². The molecule has 1 heterocycles. The molecule has 0 atom stereocenters. The molecule has 0 spiro atoms. The smallest absolute Gasteiger partial charge is 0.338 e. The molecule has 3 aromatic rings. The van der Waals surface area contributed by atoms with E-state index in [0.29, 0.717) is 11.4 Å². The highest BCUT2D eigenvalue weighted by Gasteiger charge is 2.19. The number of amides is 1. The second kappa shape index (κ2) is 7.87. The summed E-state index contributed by atoms with van der Waals surface area (Å²) in [5, 5.41) is 12.3. The third-order valence-corrected chi connectivity index (χ3v) is 4.39. The van der Waals surface area contributed by atoms with Crippen molar-refractivity contribution >= 4 is 17.6 Å². The van der Waals surface area contributed by atoms with Crippen LogP contribution in [0.3, 0.4) is 0 Å². The molecule has 0 aliphatic rings. The number of anilines is 1. The third-order valence-electron chi connectivity index (χ3n) is 4.39. The zero-order valence-corrected chi connectivity index (χ0v) is 15.4. The molecular weight excluding hydrogens is 358 g/mol. The number of aromatic carboxylic acids is 1. The van der Waals surface area contributed by atoms with Crippen LogP contribution in [0.2, 0.25) is 0 Å². The van der Waals surface area contributed by atoms with Crippen molar-refractivity contribution in [2.45, 2.75) is 20.3 Å². The molecule has 28 heavy (non-hydrogen) atoms. The first kappa shape index (κ1) is 19.0. The van der Waals surface area contributed by atoms with Crippen molar-refractivity contribution in [3.63, 3.8) is 0 Å². The van der Waals surface area contributed by atoms with Crippen LogP contribution in [-0.2, 0) is 11.2 Å². The number of aromatic nitrogens is 2. The first-order valence-electron chi connectivity index (χ1n) is 8.63. The summed E-state index contributed by atoms with van der Waals surface area (Å²) in [4.78, 5) is 42.6. The van der Waals surface area contributed by atoms with Crippen LogP contribution < -0.4 is 10.9 Å². The van der Waals surface area contributed by atoms with Gasteiger partial charge in [0, 0.05) is 11.8 Å².